The highest BCUT2D eigenvalue weighted by atomic mass is 16.5. The average Bonchev–Trinajstić information content (AvgIpc) is 1.86. The lowest BCUT2D eigenvalue weighted by atomic mass is 9.98. The second kappa shape index (κ2) is 5.56. The fourth-order valence-corrected chi connectivity index (χ4v) is 0.306. The first kappa shape index (κ1) is 12.5. The van der Waals surface area contributed by atoms with E-state index in [1.165, 1.54) is 12.0 Å². The summed E-state index contributed by atoms with van der Waals surface area (Å²) in [7, 11) is 1.40. The van der Waals surface area contributed by atoms with Gasteiger partial charge in [0.25, 0.3) is 0 Å². The molecule has 0 radical (unpaired) electrons. The lowest BCUT2D eigenvalue weighted by molar-refractivity contribution is -0.149. The van der Waals surface area contributed by atoms with Crippen LogP contribution in [0.1, 0.15) is 20.8 Å². The van der Waals surface area contributed by atoms with Crippen LogP contribution in [0.5, 0.6) is 0 Å². The summed E-state index contributed by atoms with van der Waals surface area (Å²) in [5.74, 6) is -0.169. The zero-order valence-corrected chi connectivity index (χ0v) is 7.16. The number of hydrogen-bond donors (Lipinski definition) is 0. The van der Waals surface area contributed by atoms with Gasteiger partial charge in [0.1, 0.15) is 0 Å². The molecule has 0 heterocycles. The van der Waals surface area contributed by atoms with Gasteiger partial charge in [-0.05, 0) is 20.8 Å². The van der Waals surface area contributed by atoms with E-state index in [9.17, 15) is 4.79 Å². The van der Waals surface area contributed by atoms with Gasteiger partial charge >= 0.3 is 5.97 Å². The van der Waals surface area contributed by atoms with Crippen LogP contribution in [0.25, 0.3) is 16.0 Å². The van der Waals surface area contributed by atoms with E-state index in [-0.39, 0.29) is 11.4 Å². The monoisotopic (exact) mass is 158 g/mol. The van der Waals surface area contributed by atoms with E-state index in [2.05, 4.69) is 4.74 Å². The van der Waals surface area contributed by atoms with Crippen molar-refractivity contribution in [3.8, 4) is 0 Å². The zero-order chi connectivity index (χ0) is 9.49. The van der Waals surface area contributed by atoms with Crippen LogP contribution in [0, 0.1) is 5.41 Å². The number of nitrogens with zero attached hydrogens (tertiary/aromatic N) is 3. The maximum atomic E-state index is 10.6. The molecule has 11 heavy (non-hydrogen) atoms. The molecular formula is C6H12N3O2-. The summed E-state index contributed by atoms with van der Waals surface area (Å²) in [5, 5.41) is 0. The van der Waals surface area contributed by atoms with E-state index in [1.54, 1.807) is 0 Å². The molecule has 0 aliphatic rings. The molecule has 0 aromatic rings. The largest absolute Gasteiger partial charge is 0.469 e. The smallest absolute Gasteiger partial charge is 0.310 e. The van der Waals surface area contributed by atoms with Crippen molar-refractivity contribution in [1.82, 2.24) is 0 Å². The highest BCUT2D eigenvalue weighted by molar-refractivity contribution is 5.75. The maximum Gasteiger partial charge on any atom is 0.310 e. The Bertz CT molecular complexity index is 154. The van der Waals surface area contributed by atoms with Crippen molar-refractivity contribution in [2.75, 3.05) is 7.11 Å². The molecule has 0 saturated carbocycles. The molecule has 0 unspecified atom stereocenters. The van der Waals surface area contributed by atoms with Crippen LogP contribution in [0.3, 0.4) is 0 Å². The zero-order valence-electron chi connectivity index (χ0n) is 7.16. The Morgan fingerprint density at radius 2 is 1.64 bits per heavy atom. The molecule has 0 N–H and O–H groups in total. The standard InChI is InChI=1S/C6H12O2.N3/c1-6(2,3)5(7)8-4;1-3-2/h1-4H3;/q;-1. The molecule has 5 heteroatoms. The van der Waals surface area contributed by atoms with E-state index in [0.717, 1.165) is 0 Å². The number of hydrogen-bond acceptors (Lipinski definition) is 2. The quantitative estimate of drug-likeness (QED) is 0.234. The van der Waals surface area contributed by atoms with Crippen molar-refractivity contribution < 1.29 is 9.53 Å². The first-order chi connectivity index (χ1) is 4.90. The molecule has 64 valence electrons. The van der Waals surface area contributed by atoms with Gasteiger partial charge in [0.15, 0.2) is 0 Å². The molecular weight excluding hydrogens is 146 g/mol. The van der Waals surface area contributed by atoms with Crippen LogP contribution < -0.4 is 0 Å². The molecule has 5 nitrogen and oxygen atoms in total. The van der Waals surface area contributed by atoms with Gasteiger partial charge < -0.3 is 15.8 Å². The van der Waals surface area contributed by atoms with Crippen LogP contribution >= 0.6 is 0 Å². The summed E-state index contributed by atoms with van der Waals surface area (Å²) in [5.41, 5.74) is 13.1. The number of esters is 1. The number of carbonyl (C=O) groups excluding carboxylic acids is 1. The van der Waals surface area contributed by atoms with Gasteiger partial charge in [0.2, 0.25) is 0 Å². The molecule has 0 saturated heterocycles. The van der Waals surface area contributed by atoms with Crippen molar-refractivity contribution in [2.24, 2.45) is 5.41 Å². The lowest BCUT2D eigenvalue weighted by Crippen LogP contribution is -2.21. The minimum Gasteiger partial charge on any atom is -0.469 e. The van der Waals surface area contributed by atoms with Crippen molar-refractivity contribution in [2.45, 2.75) is 20.8 Å². The van der Waals surface area contributed by atoms with E-state index in [4.69, 9.17) is 11.1 Å². The Kier molecular flexibility index (Phi) is 6.29. The molecule has 0 bridgehead atoms. The molecule has 0 aliphatic carbocycles. The summed E-state index contributed by atoms with van der Waals surface area (Å²) in [4.78, 5) is 12.1. The Hall–Kier alpha value is -1.22. The second-order valence-corrected chi connectivity index (χ2v) is 2.83. The Morgan fingerprint density at radius 1 is 1.36 bits per heavy atom. The van der Waals surface area contributed by atoms with Crippen molar-refractivity contribution in [3.05, 3.63) is 16.0 Å². The van der Waals surface area contributed by atoms with E-state index in [1.807, 2.05) is 20.8 Å². The maximum absolute atomic E-state index is 10.6. The molecule has 0 spiro atoms. The second-order valence-electron chi connectivity index (χ2n) is 2.83. The first-order valence-electron chi connectivity index (χ1n) is 2.97. The molecule has 0 amide bonds. The Balaban J connectivity index is 0. The summed E-state index contributed by atoms with van der Waals surface area (Å²) in [6.07, 6.45) is 0. The fraction of sp³-hybridized carbons (Fsp3) is 0.833. The normalized spacial score (nSPS) is 8.73. The topological polar surface area (TPSA) is 85.0 Å². The molecule has 0 aromatic heterocycles. The van der Waals surface area contributed by atoms with Crippen LogP contribution in [0.2, 0.25) is 0 Å². The fourth-order valence-electron chi connectivity index (χ4n) is 0.306. The van der Waals surface area contributed by atoms with Gasteiger partial charge in [0, 0.05) is 0 Å². The summed E-state index contributed by atoms with van der Waals surface area (Å²) < 4.78 is 4.48. The average molecular weight is 158 g/mol. The predicted octanol–water partition coefficient (Wildman–Crippen LogP) is 2.07. The van der Waals surface area contributed by atoms with Gasteiger partial charge in [-0.1, -0.05) is 0 Å². The van der Waals surface area contributed by atoms with E-state index < -0.39 is 0 Å². The van der Waals surface area contributed by atoms with Crippen LogP contribution in [0.15, 0.2) is 0 Å². The Labute approximate surface area is 65.8 Å². The molecule has 0 fully saturated rings. The Morgan fingerprint density at radius 3 is 1.64 bits per heavy atom. The molecule has 0 aromatic carbocycles. The summed E-state index contributed by atoms with van der Waals surface area (Å²) >= 11 is 0. The highest BCUT2D eigenvalue weighted by Crippen LogP contribution is 2.13. The van der Waals surface area contributed by atoms with Gasteiger partial charge in [-0.25, -0.2) is 0 Å². The van der Waals surface area contributed by atoms with E-state index in [0.29, 0.717) is 0 Å². The third-order valence-corrected chi connectivity index (χ3v) is 0.798. The SMILES string of the molecule is COC(=O)C(C)(C)C.[N-]=[N+]=[N-]. The van der Waals surface area contributed by atoms with Gasteiger partial charge in [0.05, 0.1) is 12.5 Å². The first-order valence-corrected chi connectivity index (χ1v) is 2.97. The predicted molar refractivity (Wildman–Crippen MR) is 41.5 cm³/mol. The van der Waals surface area contributed by atoms with Crippen LogP contribution in [0.4, 0.5) is 0 Å². The van der Waals surface area contributed by atoms with Crippen molar-refractivity contribution in [3.63, 3.8) is 0 Å². The van der Waals surface area contributed by atoms with Gasteiger partial charge in [-0.3, -0.25) is 9.71 Å². The van der Waals surface area contributed by atoms with Crippen molar-refractivity contribution in [1.29, 1.82) is 0 Å². The summed E-state index contributed by atoms with van der Waals surface area (Å²) in [6, 6.07) is 0. The van der Waals surface area contributed by atoms with Crippen LogP contribution in [-0.4, -0.2) is 13.1 Å². The number of rotatable bonds is 0. The number of ether oxygens (including phenoxy) is 1. The summed E-state index contributed by atoms with van der Waals surface area (Å²) in [6.45, 7) is 5.45. The molecule has 0 rings (SSSR count). The number of carbonyl (C=O) groups is 1. The van der Waals surface area contributed by atoms with Crippen LogP contribution in [-0.2, 0) is 9.53 Å². The molecule has 0 aliphatic heterocycles. The third-order valence-electron chi connectivity index (χ3n) is 0.798. The highest BCUT2D eigenvalue weighted by Gasteiger charge is 2.21. The molecule has 0 atom stereocenters. The van der Waals surface area contributed by atoms with Gasteiger partial charge in [-0.15, -0.1) is 0 Å². The number of methoxy groups -OCH3 is 1. The lowest BCUT2D eigenvalue weighted by Gasteiger charge is -2.13. The minimum atomic E-state index is -0.352. The minimum absolute atomic E-state index is 0.169. The third kappa shape index (κ3) is 8.78. The van der Waals surface area contributed by atoms with Crippen molar-refractivity contribution >= 4 is 5.97 Å². The van der Waals surface area contributed by atoms with Gasteiger partial charge in [-0.2, -0.15) is 0 Å². The van der Waals surface area contributed by atoms with E-state index >= 15 is 0 Å².